The van der Waals surface area contributed by atoms with Crippen molar-refractivity contribution < 1.29 is 38.8 Å². The van der Waals surface area contributed by atoms with Crippen molar-refractivity contribution in [2.24, 2.45) is 16.7 Å². The van der Waals surface area contributed by atoms with Crippen LogP contribution < -0.4 is 0 Å². The molecule has 9 atom stereocenters. The second kappa shape index (κ2) is 14.9. The number of aliphatic hydroxyl groups is 2. The fourth-order valence-corrected chi connectivity index (χ4v) is 13.0. The number of carbonyl (C=O) groups is 3. The summed E-state index contributed by atoms with van der Waals surface area (Å²) < 4.78 is 17.9. The molecule has 58 heavy (non-hydrogen) atoms. The van der Waals surface area contributed by atoms with E-state index in [1.165, 1.54) is 19.6 Å². The number of ketones is 1. The Morgan fingerprint density at radius 1 is 1.07 bits per heavy atom. The third-order valence-corrected chi connectivity index (χ3v) is 15.2. The smallest absolute Gasteiger partial charge is 0.343 e. The van der Waals surface area contributed by atoms with E-state index < -0.39 is 52.5 Å². The number of Topliss-reactive ketones (excluding diaryl/α,β-unsaturated/α-hetero) is 1. The maximum Gasteiger partial charge on any atom is 0.343 e. The first-order valence-electron chi connectivity index (χ1n) is 21.1. The fraction of sp³-hybridized carbons (Fsp3) is 0.587. The van der Waals surface area contributed by atoms with E-state index in [1.54, 1.807) is 7.11 Å². The number of ether oxygens (including phenoxy) is 3. The average molecular weight is 797 g/mol. The van der Waals surface area contributed by atoms with Crippen LogP contribution in [0.3, 0.4) is 0 Å². The maximum absolute atomic E-state index is 15.0. The van der Waals surface area contributed by atoms with Gasteiger partial charge in [0, 0.05) is 84.1 Å². The number of aliphatic hydroxyl groups excluding tert-OH is 1. The number of hydrogen-bond acceptors (Lipinski definition) is 11. The number of nitrogens with zero attached hydrogens (tertiary/aromatic N) is 3. The Hall–Kier alpha value is -4.07. The minimum Gasteiger partial charge on any atom is -0.497 e. The average Bonchev–Trinajstić information content (AvgIpc) is 3.89. The number of aromatic nitrogens is 1. The number of hydrogen-bond donors (Lipinski definition) is 3. The highest BCUT2D eigenvalue weighted by Gasteiger charge is 2.82. The summed E-state index contributed by atoms with van der Waals surface area (Å²) in [5.41, 5.74) is -0.573. The van der Waals surface area contributed by atoms with Crippen molar-refractivity contribution in [3.8, 4) is 0 Å². The third kappa shape index (κ3) is 5.40. The van der Waals surface area contributed by atoms with E-state index in [1.807, 2.05) is 45.2 Å². The molecule has 1 aromatic carbocycles. The Morgan fingerprint density at radius 2 is 1.84 bits per heavy atom. The fourth-order valence-electron chi connectivity index (χ4n) is 13.0. The number of likely N-dealkylation sites (tertiary alicyclic amines) is 1. The second-order valence-corrected chi connectivity index (χ2v) is 17.4. The molecule has 12 nitrogen and oxygen atoms in total. The van der Waals surface area contributed by atoms with Gasteiger partial charge in [0.1, 0.15) is 12.4 Å². The molecule has 0 bridgehead atoms. The summed E-state index contributed by atoms with van der Waals surface area (Å²) in [6, 6.07) is 6.70. The van der Waals surface area contributed by atoms with Crippen LogP contribution >= 0.6 is 0 Å². The molecule has 4 aliphatic heterocycles. The lowest BCUT2D eigenvalue weighted by Crippen LogP contribution is -2.80. The van der Waals surface area contributed by atoms with Gasteiger partial charge in [-0.05, 0) is 63.4 Å². The summed E-state index contributed by atoms with van der Waals surface area (Å²) in [7, 11) is 4.79. The molecule has 1 aromatic heterocycles. The van der Waals surface area contributed by atoms with Gasteiger partial charge in [0.05, 0.1) is 25.7 Å². The summed E-state index contributed by atoms with van der Waals surface area (Å²) in [6.45, 7) is 10.6. The molecule has 312 valence electrons. The predicted molar refractivity (Wildman–Crippen MR) is 219 cm³/mol. The molecule has 0 amide bonds. The predicted octanol–water partition coefficient (Wildman–Crippen LogP) is 4.56. The van der Waals surface area contributed by atoms with Crippen LogP contribution in [0, 0.1) is 16.7 Å². The highest BCUT2D eigenvalue weighted by Crippen LogP contribution is 2.70. The number of methoxy groups -OCH3 is 2. The number of aromatic amines is 1. The Labute approximate surface area is 341 Å². The van der Waals surface area contributed by atoms with E-state index in [-0.39, 0.29) is 23.8 Å². The van der Waals surface area contributed by atoms with Crippen molar-refractivity contribution in [2.45, 2.75) is 102 Å². The highest BCUT2D eigenvalue weighted by atomic mass is 16.6. The first kappa shape index (κ1) is 40.7. The van der Waals surface area contributed by atoms with Gasteiger partial charge in [-0.1, -0.05) is 68.8 Å². The van der Waals surface area contributed by atoms with E-state index in [0.29, 0.717) is 50.2 Å². The molecule has 3 fully saturated rings. The van der Waals surface area contributed by atoms with E-state index in [2.05, 4.69) is 57.0 Å². The number of rotatable bonds is 12. The number of para-hydroxylation sites is 1. The summed E-state index contributed by atoms with van der Waals surface area (Å²) >= 11 is 0. The van der Waals surface area contributed by atoms with Gasteiger partial charge in [0.15, 0.2) is 11.9 Å². The minimum absolute atomic E-state index is 0.241. The normalized spacial score (nSPS) is 34.3. The van der Waals surface area contributed by atoms with E-state index >= 15 is 0 Å². The molecular weight excluding hydrogens is 737 g/mol. The first-order chi connectivity index (χ1) is 27.9. The summed E-state index contributed by atoms with van der Waals surface area (Å²) in [6.07, 6.45) is 12.9. The van der Waals surface area contributed by atoms with Gasteiger partial charge in [0.2, 0.25) is 5.60 Å². The SMILES string of the molecule is CCC1=CCCN(Cc2c([C@@](CC)(C(=O)CO)C3=CC4C(C=C3OC)N(C)[C@H]3[C@@](O)(C(=O)OC)[C@H](OC(C)=O)[C@]5(CC)C=CCN6CC[C@]43[C@H]65)[nH]c3ccccc23)C1. The second-order valence-electron chi connectivity index (χ2n) is 17.4. The number of carbonyl (C=O) groups excluding carboxylic acids is 3. The lowest BCUT2D eigenvalue weighted by atomic mass is 9.46. The molecule has 2 aliphatic carbocycles. The van der Waals surface area contributed by atoms with Crippen LogP contribution in [0.4, 0.5) is 0 Å². The van der Waals surface area contributed by atoms with Crippen LogP contribution in [0.5, 0.6) is 0 Å². The molecule has 2 aromatic rings. The van der Waals surface area contributed by atoms with Crippen LogP contribution in [0.2, 0.25) is 0 Å². The molecule has 3 N–H and O–H groups in total. The minimum atomic E-state index is -2.25. The molecule has 12 heteroatoms. The van der Waals surface area contributed by atoms with Crippen LogP contribution in [-0.2, 0) is 40.6 Å². The summed E-state index contributed by atoms with van der Waals surface area (Å²) in [5, 5.41) is 25.3. The molecule has 2 unspecified atom stereocenters. The molecular formula is C46H60N4O8. The topological polar surface area (TPSA) is 145 Å². The quantitative estimate of drug-likeness (QED) is 0.206. The Balaban J connectivity index is 1.38. The largest absolute Gasteiger partial charge is 0.497 e. The number of likely N-dealkylation sites (N-methyl/N-ethyl adjacent to an activating group) is 1. The molecule has 2 saturated heterocycles. The number of fused-ring (bicyclic) bond motifs is 2. The van der Waals surface area contributed by atoms with Gasteiger partial charge < -0.3 is 29.4 Å². The zero-order chi connectivity index (χ0) is 41.4. The molecule has 1 saturated carbocycles. The van der Waals surface area contributed by atoms with Crippen molar-refractivity contribution in [1.29, 1.82) is 0 Å². The van der Waals surface area contributed by atoms with Crippen LogP contribution in [0.15, 0.2) is 71.6 Å². The monoisotopic (exact) mass is 796 g/mol. The molecule has 8 rings (SSSR count). The van der Waals surface area contributed by atoms with Gasteiger partial charge >= 0.3 is 11.9 Å². The van der Waals surface area contributed by atoms with Crippen molar-refractivity contribution in [3.05, 3.63) is 82.8 Å². The van der Waals surface area contributed by atoms with Crippen molar-refractivity contribution in [1.82, 2.24) is 19.7 Å². The molecule has 5 heterocycles. The number of nitrogens with one attached hydrogen (secondary N) is 1. The Morgan fingerprint density at radius 3 is 2.52 bits per heavy atom. The van der Waals surface area contributed by atoms with Gasteiger partial charge in [-0.3, -0.25) is 24.3 Å². The number of allylic oxidation sites excluding steroid dienone is 1. The Bertz CT molecular complexity index is 2120. The summed E-state index contributed by atoms with van der Waals surface area (Å²) in [5.74, 6) is -1.61. The van der Waals surface area contributed by atoms with E-state index in [9.17, 15) is 24.6 Å². The molecule has 0 radical (unpaired) electrons. The van der Waals surface area contributed by atoms with Gasteiger partial charge in [0.25, 0.3) is 0 Å². The van der Waals surface area contributed by atoms with Gasteiger partial charge in [-0.15, -0.1) is 0 Å². The number of benzene rings is 1. The maximum atomic E-state index is 15.0. The van der Waals surface area contributed by atoms with Crippen molar-refractivity contribution in [2.75, 3.05) is 54.1 Å². The van der Waals surface area contributed by atoms with E-state index in [4.69, 9.17) is 14.2 Å². The lowest BCUT2D eigenvalue weighted by Gasteiger charge is -2.64. The first-order valence-corrected chi connectivity index (χ1v) is 21.1. The number of H-pyrrole nitrogens is 1. The molecule has 6 aliphatic rings. The van der Waals surface area contributed by atoms with Crippen molar-refractivity contribution >= 4 is 28.6 Å². The number of esters is 2. The van der Waals surface area contributed by atoms with Crippen LogP contribution in [0.1, 0.15) is 71.1 Å². The van der Waals surface area contributed by atoms with Gasteiger partial charge in [-0.25, -0.2) is 4.79 Å². The van der Waals surface area contributed by atoms with Crippen LogP contribution in [-0.4, -0.2) is 132 Å². The lowest BCUT2D eigenvalue weighted by molar-refractivity contribution is -0.248. The third-order valence-electron chi connectivity index (χ3n) is 15.2. The standard InChI is InChI=1S/C46H60N4O8/c1-8-29-15-13-20-49(25-29)26-31-30-16-11-12-17-34(30)47-38(31)44(10-3,37(53)27-51)33-23-32-35(24-36(33)56-6)48(5)40-45(32)19-22-50-21-14-18-43(9-2,39(45)50)41(58-28(4)52)46(40,55)42(54)57-7/h11-12,14-18,23-24,32,35,39-41,47,51,55H,8-10,13,19-22,25-27H2,1-7H3/t32?,35?,39-,40-,41-,43-,44-,45-,46+/m1/s1. The summed E-state index contributed by atoms with van der Waals surface area (Å²) in [4.78, 5) is 52.9. The zero-order valence-electron chi connectivity index (χ0n) is 35.0. The molecule has 1 spiro atoms. The van der Waals surface area contributed by atoms with Crippen molar-refractivity contribution in [3.63, 3.8) is 0 Å². The van der Waals surface area contributed by atoms with E-state index in [0.717, 1.165) is 48.1 Å². The van der Waals surface area contributed by atoms with Gasteiger partial charge in [-0.2, -0.15) is 0 Å². The highest BCUT2D eigenvalue weighted by molar-refractivity contribution is 5.98. The Kier molecular flexibility index (Phi) is 10.4. The van der Waals surface area contributed by atoms with Crippen LogP contribution in [0.25, 0.3) is 10.9 Å². The zero-order valence-corrected chi connectivity index (χ0v) is 35.0.